The number of sulfonamides is 1. The smallest absolute Gasteiger partial charge is 0.253 e. The Bertz CT molecular complexity index is 1440. The first-order valence-electron chi connectivity index (χ1n) is 10.2. The van der Waals surface area contributed by atoms with E-state index in [1.807, 2.05) is 0 Å². The number of nitrogens with one attached hydrogen (secondary N) is 1. The molecule has 1 atom stereocenters. The van der Waals surface area contributed by atoms with E-state index in [4.69, 9.17) is 4.98 Å². The monoisotopic (exact) mass is 469 g/mol. The fourth-order valence-corrected chi connectivity index (χ4v) is 8.49. The van der Waals surface area contributed by atoms with Crippen LogP contribution in [0.3, 0.4) is 0 Å². The number of amides is 1. The van der Waals surface area contributed by atoms with Crippen LogP contribution >= 0.6 is 22.7 Å². The second-order valence-corrected chi connectivity index (χ2v) is 12.0. The highest BCUT2D eigenvalue weighted by Crippen LogP contribution is 2.39. The van der Waals surface area contributed by atoms with Crippen LogP contribution in [0.15, 0.2) is 46.0 Å². The van der Waals surface area contributed by atoms with Gasteiger partial charge in [0.15, 0.2) is 5.13 Å². The third-order valence-electron chi connectivity index (χ3n) is 6.14. The van der Waals surface area contributed by atoms with Crippen LogP contribution in [0.4, 0.5) is 5.13 Å². The van der Waals surface area contributed by atoms with E-state index in [1.54, 1.807) is 17.5 Å². The minimum atomic E-state index is -3.66. The molecule has 4 aromatic rings. The lowest BCUT2D eigenvalue weighted by atomic mass is 10.0. The second-order valence-electron chi connectivity index (χ2n) is 7.94. The summed E-state index contributed by atoms with van der Waals surface area (Å²) in [7, 11) is -3.66. The van der Waals surface area contributed by atoms with Gasteiger partial charge in [0, 0.05) is 11.9 Å². The zero-order chi connectivity index (χ0) is 21.2. The number of anilines is 1. The van der Waals surface area contributed by atoms with Gasteiger partial charge in [-0.25, -0.2) is 13.4 Å². The molecule has 1 aliphatic heterocycles. The molecule has 1 unspecified atom stereocenters. The number of aryl methyl sites for hydroxylation is 2. The maximum atomic E-state index is 13.1. The fourth-order valence-electron chi connectivity index (χ4n) is 4.76. The van der Waals surface area contributed by atoms with Gasteiger partial charge in [-0.3, -0.25) is 4.79 Å². The van der Waals surface area contributed by atoms with Gasteiger partial charge in [-0.15, -0.1) is 11.3 Å². The Balaban J connectivity index is 1.32. The molecule has 3 heterocycles. The summed E-state index contributed by atoms with van der Waals surface area (Å²) >= 11 is 2.62. The number of rotatable bonds is 4. The average Bonchev–Trinajstić information content (AvgIpc) is 3.54. The van der Waals surface area contributed by atoms with Crippen molar-refractivity contribution in [1.82, 2.24) is 9.29 Å². The highest BCUT2D eigenvalue weighted by Gasteiger charge is 2.40. The molecule has 1 N–H and O–H groups in total. The highest BCUT2D eigenvalue weighted by molar-refractivity contribution is 7.91. The van der Waals surface area contributed by atoms with Crippen LogP contribution in [0, 0.1) is 0 Å². The van der Waals surface area contributed by atoms with Crippen LogP contribution in [-0.2, 0) is 27.7 Å². The van der Waals surface area contributed by atoms with Crippen molar-refractivity contribution >= 4 is 64.7 Å². The Morgan fingerprint density at radius 1 is 1.16 bits per heavy atom. The van der Waals surface area contributed by atoms with Crippen LogP contribution < -0.4 is 5.32 Å². The first-order chi connectivity index (χ1) is 15.0. The molecule has 1 saturated heterocycles. The molecule has 158 valence electrons. The van der Waals surface area contributed by atoms with Crippen molar-refractivity contribution in [3.63, 3.8) is 0 Å². The van der Waals surface area contributed by atoms with Crippen LogP contribution in [0.2, 0.25) is 0 Å². The summed E-state index contributed by atoms with van der Waals surface area (Å²) in [5.74, 6) is -0.311. The minimum absolute atomic E-state index is 0.274. The van der Waals surface area contributed by atoms with Gasteiger partial charge >= 0.3 is 0 Å². The van der Waals surface area contributed by atoms with E-state index in [0.717, 1.165) is 28.4 Å². The Hall–Kier alpha value is -2.33. The summed E-state index contributed by atoms with van der Waals surface area (Å²) in [6, 6.07) is 11.1. The zero-order valence-corrected chi connectivity index (χ0v) is 18.9. The molecule has 1 amide bonds. The van der Waals surface area contributed by atoms with Crippen molar-refractivity contribution in [2.45, 2.75) is 35.9 Å². The predicted octanol–water partition coefficient (Wildman–Crippen LogP) is 4.40. The third kappa shape index (κ3) is 3.02. The van der Waals surface area contributed by atoms with E-state index < -0.39 is 16.1 Å². The molecule has 0 radical (unpaired) electrons. The number of benzene rings is 2. The van der Waals surface area contributed by atoms with E-state index in [2.05, 4.69) is 29.6 Å². The zero-order valence-electron chi connectivity index (χ0n) is 16.5. The Labute approximate surface area is 187 Å². The third-order valence-corrected chi connectivity index (χ3v) is 10.3. The normalized spacial score (nSPS) is 18.9. The number of nitrogens with zero attached hydrogens (tertiary/aromatic N) is 2. The quantitative estimate of drug-likeness (QED) is 0.480. The molecule has 2 aromatic carbocycles. The molecule has 0 bridgehead atoms. The first kappa shape index (κ1) is 19.4. The van der Waals surface area contributed by atoms with Crippen molar-refractivity contribution in [2.24, 2.45) is 0 Å². The maximum Gasteiger partial charge on any atom is 0.253 e. The number of aromatic nitrogens is 1. The average molecular weight is 470 g/mol. The van der Waals surface area contributed by atoms with E-state index in [0.29, 0.717) is 24.5 Å². The van der Waals surface area contributed by atoms with Gasteiger partial charge < -0.3 is 5.32 Å². The number of thiophene rings is 1. The van der Waals surface area contributed by atoms with E-state index in [1.165, 1.54) is 43.5 Å². The molecule has 31 heavy (non-hydrogen) atoms. The summed E-state index contributed by atoms with van der Waals surface area (Å²) in [4.78, 5) is 17.8. The maximum absolute atomic E-state index is 13.1. The number of hydrogen-bond acceptors (Lipinski definition) is 6. The molecule has 6 nitrogen and oxygen atoms in total. The fraction of sp³-hybridized carbons (Fsp3) is 0.273. The summed E-state index contributed by atoms with van der Waals surface area (Å²) in [5, 5.41) is 7.58. The molecular weight excluding hydrogens is 450 g/mol. The minimum Gasteiger partial charge on any atom is -0.301 e. The van der Waals surface area contributed by atoms with Gasteiger partial charge in [-0.2, -0.15) is 4.31 Å². The molecule has 0 saturated carbocycles. The molecule has 2 aliphatic rings. The van der Waals surface area contributed by atoms with Gasteiger partial charge in [0.2, 0.25) is 5.91 Å². The molecule has 9 heteroatoms. The molecule has 0 spiro atoms. The van der Waals surface area contributed by atoms with Gasteiger partial charge in [0.1, 0.15) is 10.3 Å². The van der Waals surface area contributed by atoms with Crippen molar-refractivity contribution in [3.8, 4) is 0 Å². The van der Waals surface area contributed by atoms with Crippen molar-refractivity contribution in [3.05, 3.63) is 52.9 Å². The lowest BCUT2D eigenvalue weighted by molar-refractivity contribution is -0.119. The lowest BCUT2D eigenvalue weighted by Gasteiger charge is -2.22. The lowest BCUT2D eigenvalue weighted by Crippen LogP contribution is -2.42. The summed E-state index contributed by atoms with van der Waals surface area (Å²) in [5.41, 5.74) is 3.59. The van der Waals surface area contributed by atoms with E-state index in [-0.39, 0.29) is 10.1 Å². The Morgan fingerprint density at radius 3 is 2.87 bits per heavy atom. The molecule has 2 aromatic heterocycles. The number of fused-ring (bicyclic) bond motifs is 2. The summed E-state index contributed by atoms with van der Waals surface area (Å²) < 4.78 is 28.6. The largest absolute Gasteiger partial charge is 0.301 e. The van der Waals surface area contributed by atoms with Crippen LogP contribution in [0.5, 0.6) is 0 Å². The molecule has 1 fully saturated rings. The van der Waals surface area contributed by atoms with E-state index in [9.17, 15) is 13.2 Å². The molecule has 1 aliphatic carbocycles. The van der Waals surface area contributed by atoms with Crippen LogP contribution in [-0.4, -0.2) is 36.2 Å². The summed E-state index contributed by atoms with van der Waals surface area (Å²) in [6.45, 7) is 0.356. The molecular formula is C22H19N3O3S3. The predicted molar refractivity (Wildman–Crippen MR) is 124 cm³/mol. The second kappa shape index (κ2) is 7.09. The highest BCUT2D eigenvalue weighted by atomic mass is 32.2. The number of carbonyl (C=O) groups excluding carboxylic acids is 1. The van der Waals surface area contributed by atoms with Crippen molar-refractivity contribution < 1.29 is 13.2 Å². The SMILES string of the molecule is O=C(Nc1nc2c(cc3c4c(cccc42)CC3)s1)C1CCCN1S(=O)(=O)c1cccs1. The summed E-state index contributed by atoms with van der Waals surface area (Å²) in [6.07, 6.45) is 3.27. The first-order valence-corrected chi connectivity index (χ1v) is 13.4. The number of thiazole rings is 1. The van der Waals surface area contributed by atoms with E-state index >= 15 is 0 Å². The Kier molecular flexibility index (Phi) is 4.43. The van der Waals surface area contributed by atoms with Gasteiger partial charge in [-0.1, -0.05) is 35.6 Å². The van der Waals surface area contributed by atoms with Crippen LogP contribution in [0.25, 0.3) is 21.0 Å². The molecule has 6 rings (SSSR count). The topological polar surface area (TPSA) is 79.4 Å². The van der Waals surface area contributed by atoms with Crippen molar-refractivity contribution in [1.29, 1.82) is 0 Å². The standard InChI is InChI=1S/C22H19N3O3S3/c26-21(16-6-2-10-25(16)31(27,28)18-7-3-11-29-18)24-22-23-20-15-5-1-4-13-8-9-14(19(13)15)12-17(20)30-22/h1,3-5,7,11-12,16H,2,6,8-10H2,(H,23,24,26). The van der Waals surface area contributed by atoms with Gasteiger partial charge in [-0.05, 0) is 59.7 Å². The number of carbonyl (C=O) groups is 1. The van der Waals surface area contributed by atoms with Crippen molar-refractivity contribution in [2.75, 3.05) is 11.9 Å². The van der Waals surface area contributed by atoms with Crippen LogP contribution in [0.1, 0.15) is 24.0 Å². The van der Waals surface area contributed by atoms with Gasteiger partial charge in [0.05, 0.1) is 10.2 Å². The number of hydrogen-bond donors (Lipinski definition) is 1. The Morgan fingerprint density at radius 2 is 2.03 bits per heavy atom. The van der Waals surface area contributed by atoms with Gasteiger partial charge in [0.25, 0.3) is 10.0 Å².